The summed E-state index contributed by atoms with van der Waals surface area (Å²) in [5.41, 5.74) is 1.07. The molecule has 2 fully saturated rings. The Morgan fingerprint density at radius 1 is 1.29 bits per heavy atom. The van der Waals surface area contributed by atoms with E-state index in [0.29, 0.717) is 12.6 Å². The molecule has 1 aliphatic heterocycles. The molecule has 1 saturated carbocycles. The molecule has 0 bridgehead atoms. The van der Waals surface area contributed by atoms with E-state index in [1.807, 2.05) is 18.3 Å². The highest BCUT2D eigenvalue weighted by molar-refractivity contribution is 5.74. The molecule has 1 aromatic heterocycles. The van der Waals surface area contributed by atoms with Gasteiger partial charge in [-0.3, -0.25) is 0 Å². The second-order valence-electron chi connectivity index (χ2n) is 6.91. The van der Waals surface area contributed by atoms with Gasteiger partial charge in [0.2, 0.25) is 0 Å². The minimum Gasteiger partial charge on any atom is -0.378 e. The molecule has 0 aromatic carbocycles. The minimum atomic E-state index is -0.0701. The fourth-order valence-corrected chi connectivity index (χ4v) is 3.36. The molecule has 6 heteroatoms. The van der Waals surface area contributed by atoms with Gasteiger partial charge in [0.15, 0.2) is 0 Å². The number of carbonyl (C=O) groups excluding carboxylic acids is 1. The Balaban J connectivity index is 1.46. The fourth-order valence-electron chi connectivity index (χ4n) is 3.36. The molecule has 6 nitrogen and oxygen atoms in total. The number of rotatable bonds is 4. The Labute approximate surface area is 144 Å². The number of pyridine rings is 1. The third-order valence-corrected chi connectivity index (χ3v) is 4.95. The summed E-state index contributed by atoms with van der Waals surface area (Å²) in [5, 5.41) is 6.06. The molecule has 132 valence electrons. The summed E-state index contributed by atoms with van der Waals surface area (Å²) in [6.07, 6.45) is 6.40. The van der Waals surface area contributed by atoms with Crippen molar-refractivity contribution in [2.75, 3.05) is 31.2 Å². The maximum Gasteiger partial charge on any atom is 0.315 e. The molecular weight excluding hydrogens is 304 g/mol. The molecule has 1 aromatic rings. The van der Waals surface area contributed by atoms with Crippen LogP contribution in [0.2, 0.25) is 0 Å². The van der Waals surface area contributed by atoms with Gasteiger partial charge in [-0.15, -0.1) is 0 Å². The summed E-state index contributed by atoms with van der Waals surface area (Å²) < 4.78 is 5.37. The summed E-state index contributed by atoms with van der Waals surface area (Å²) in [6, 6.07) is 4.25. The highest BCUT2D eigenvalue weighted by Crippen LogP contribution is 2.23. The number of carbonyl (C=O) groups is 1. The van der Waals surface area contributed by atoms with Gasteiger partial charge in [0.05, 0.1) is 13.2 Å². The van der Waals surface area contributed by atoms with Gasteiger partial charge in [-0.1, -0.05) is 6.92 Å². The standard InChI is InChI=1S/C18H28N4O2/c1-14-2-4-16(5-3-14)21-18(23)20-13-15-6-7-19-17(12-15)22-8-10-24-11-9-22/h6-7,12,14,16H,2-5,8-11,13H2,1H3,(H2,20,21,23). The van der Waals surface area contributed by atoms with Gasteiger partial charge in [-0.25, -0.2) is 9.78 Å². The van der Waals surface area contributed by atoms with Crippen LogP contribution in [0.1, 0.15) is 38.2 Å². The highest BCUT2D eigenvalue weighted by atomic mass is 16.5. The average Bonchev–Trinajstić information content (AvgIpc) is 2.63. The first-order valence-electron chi connectivity index (χ1n) is 9.02. The smallest absolute Gasteiger partial charge is 0.315 e. The van der Waals surface area contributed by atoms with Crippen molar-refractivity contribution < 1.29 is 9.53 Å². The van der Waals surface area contributed by atoms with E-state index in [9.17, 15) is 4.79 Å². The number of morpholine rings is 1. The largest absolute Gasteiger partial charge is 0.378 e. The fraction of sp³-hybridized carbons (Fsp3) is 0.667. The van der Waals surface area contributed by atoms with Crippen molar-refractivity contribution in [2.45, 2.75) is 45.2 Å². The zero-order valence-electron chi connectivity index (χ0n) is 14.5. The lowest BCUT2D eigenvalue weighted by Gasteiger charge is -2.28. The molecule has 24 heavy (non-hydrogen) atoms. The molecule has 1 saturated heterocycles. The lowest BCUT2D eigenvalue weighted by molar-refractivity contribution is 0.122. The number of urea groups is 1. The van der Waals surface area contributed by atoms with E-state index >= 15 is 0 Å². The van der Waals surface area contributed by atoms with Crippen LogP contribution in [0.15, 0.2) is 18.3 Å². The van der Waals surface area contributed by atoms with E-state index in [1.54, 1.807) is 0 Å². The van der Waals surface area contributed by atoms with Crippen LogP contribution in [0.3, 0.4) is 0 Å². The number of anilines is 1. The SMILES string of the molecule is CC1CCC(NC(=O)NCc2ccnc(N3CCOCC3)c2)CC1. The van der Waals surface area contributed by atoms with Crippen molar-refractivity contribution in [3.05, 3.63) is 23.9 Å². The topological polar surface area (TPSA) is 66.5 Å². The monoisotopic (exact) mass is 332 g/mol. The number of nitrogens with zero attached hydrogens (tertiary/aromatic N) is 2. The zero-order chi connectivity index (χ0) is 16.8. The Kier molecular flexibility index (Phi) is 5.91. The number of hydrogen-bond acceptors (Lipinski definition) is 4. The van der Waals surface area contributed by atoms with Crippen molar-refractivity contribution in [1.82, 2.24) is 15.6 Å². The number of hydrogen-bond donors (Lipinski definition) is 2. The van der Waals surface area contributed by atoms with Crippen LogP contribution in [0.5, 0.6) is 0 Å². The molecule has 2 amide bonds. The third-order valence-electron chi connectivity index (χ3n) is 4.95. The first-order valence-corrected chi connectivity index (χ1v) is 9.02. The number of amides is 2. The normalized spacial score (nSPS) is 24.5. The summed E-state index contributed by atoms with van der Waals surface area (Å²) in [6.45, 7) is 6.02. The van der Waals surface area contributed by atoms with Crippen molar-refractivity contribution in [1.29, 1.82) is 0 Å². The summed E-state index contributed by atoms with van der Waals surface area (Å²) in [5.74, 6) is 1.75. The quantitative estimate of drug-likeness (QED) is 0.888. The molecule has 2 N–H and O–H groups in total. The van der Waals surface area contributed by atoms with Crippen molar-refractivity contribution in [3.63, 3.8) is 0 Å². The van der Waals surface area contributed by atoms with E-state index in [-0.39, 0.29) is 6.03 Å². The van der Waals surface area contributed by atoms with Gasteiger partial charge in [0, 0.05) is 31.9 Å². The number of aromatic nitrogens is 1. The summed E-state index contributed by atoms with van der Waals surface area (Å²) in [4.78, 5) is 18.7. The Morgan fingerprint density at radius 3 is 2.79 bits per heavy atom. The lowest BCUT2D eigenvalue weighted by Crippen LogP contribution is -2.43. The highest BCUT2D eigenvalue weighted by Gasteiger charge is 2.19. The zero-order valence-corrected chi connectivity index (χ0v) is 14.5. The molecule has 0 unspecified atom stereocenters. The molecule has 3 rings (SSSR count). The first-order chi connectivity index (χ1) is 11.7. The van der Waals surface area contributed by atoms with Crippen LogP contribution >= 0.6 is 0 Å². The minimum absolute atomic E-state index is 0.0701. The van der Waals surface area contributed by atoms with E-state index in [0.717, 1.165) is 56.4 Å². The van der Waals surface area contributed by atoms with Crippen LogP contribution in [-0.2, 0) is 11.3 Å². The van der Waals surface area contributed by atoms with Gasteiger partial charge in [0.25, 0.3) is 0 Å². The van der Waals surface area contributed by atoms with Gasteiger partial charge in [0.1, 0.15) is 5.82 Å². The molecule has 0 spiro atoms. The third kappa shape index (κ3) is 4.84. The van der Waals surface area contributed by atoms with Crippen molar-refractivity contribution >= 4 is 11.8 Å². The molecule has 2 heterocycles. The first kappa shape index (κ1) is 17.0. The van der Waals surface area contributed by atoms with E-state index in [1.165, 1.54) is 12.8 Å². The second kappa shape index (κ2) is 8.33. The molecule has 1 aliphatic carbocycles. The lowest BCUT2D eigenvalue weighted by atomic mass is 9.87. The van der Waals surface area contributed by atoms with Gasteiger partial charge < -0.3 is 20.3 Å². The second-order valence-corrected chi connectivity index (χ2v) is 6.91. The van der Waals surface area contributed by atoms with Crippen LogP contribution in [0.4, 0.5) is 10.6 Å². The van der Waals surface area contributed by atoms with Crippen molar-refractivity contribution in [3.8, 4) is 0 Å². The van der Waals surface area contributed by atoms with Crippen LogP contribution < -0.4 is 15.5 Å². The Bertz CT molecular complexity index is 538. The predicted molar refractivity (Wildman–Crippen MR) is 94.1 cm³/mol. The maximum absolute atomic E-state index is 12.1. The van der Waals surface area contributed by atoms with E-state index in [2.05, 4.69) is 27.4 Å². The maximum atomic E-state index is 12.1. The van der Waals surface area contributed by atoms with Crippen LogP contribution in [0.25, 0.3) is 0 Å². The molecule has 0 radical (unpaired) electrons. The molecule has 0 atom stereocenters. The number of ether oxygens (including phenoxy) is 1. The number of nitrogens with one attached hydrogen (secondary N) is 2. The van der Waals surface area contributed by atoms with Gasteiger partial charge >= 0.3 is 6.03 Å². The van der Waals surface area contributed by atoms with Gasteiger partial charge in [-0.05, 0) is 49.3 Å². The summed E-state index contributed by atoms with van der Waals surface area (Å²) >= 11 is 0. The van der Waals surface area contributed by atoms with Crippen LogP contribution in [-0.4, -0.2) is 43.4 Å². The Morgan fingerprint density at radius 2 is 2.04 bits per heavy atom. The van der Waals surface area contributed by atoms with Crippen LogP contribution in [0, 0.1) is 5.92 Å². The van der Waals surface area contributed by atoms with Crippen molar-refractivity contribution in [2.24, 2.45) is 5.92 Å². The summed E-state index contributed by atoms with van der Waals surface area (Å²) in [7, 11) is 0. The van der Waals surface area contributed by atoms with Gasteiger partial charge in [-0.2, -0.15) is 0 Å². The average molecular weight is 332 g/mol. The molecular formula is C18H28N4O2. The predicted octanol–water partition coefficient (Wildman–Crippen LogP) is 2.30. The molecule has 2 aliphatic rings. The van der Waals surface area contributed by atoms with E-state index in [4.69, 9.17) is 4.74 Å². The Hall–Kier alpha value is -1.82. The van der Waals surface area contributed by atoms with E-state index < -0.39 is 0 Å².